The lowest BCUT2D eigenvalue weighted by atomic mass is 10.0. The number of likely N-dealkylation sites (tertiary alicyclic amines) is 1. The molecule has 1 fully saturated rings. The highest BCUT2D eigenvalue weighted by molar-refractivity contribution is 7.20. The predicted molar refractivity (Wildman–Crippen MR) is 115 cm³/mol. The number of thiophene rings is 1. The van der Waals surface area contributed by atoms with Crippen molar-refractivity contribution in [2.24, 2.45) is 12.8 Å². The first-order valence-electron chi connectivity index (χ1n) is 9.66. The van der Waals surface area contributed by atoms with Crippen LogP contribution in [0.4, 0.5) is 0 Å². The molecule has 2 amide bonds. The molecule has 1 saturated heterocycles. The molecule has 3 N–H and O–H groups in total. The van der Waals surface area contributed by atoms with E-state index in [0.717, 1.165) is 46.6 Å². The monoisotopic (exact) mass is 427 g/mol. The molecule has 0 aliphatic carbocycles. The van der Waals surface area contributed by atoms with Crippen LogP contribution in [0.15, 0.2) is 6.07 Å². The number of piperidine rings is 1. The highest BCUT2D eigenvalue weighted by Crippen LogP contribution is 2.33. The Morgan fingerprint density at radius 2 is 2.14 bits per heavy atom. The Balaban J connectivity index is 0.00000280. The van der Waals surface area contributed by atoms with Gasteiger partial charge in [0.25, 0.3) is 5.91 Å². The second-order valence-electron chi connectivity index (χ2n) is 7.48. The first kappa shape index (κ1) is 22.6. The van der Waals surface area contributed by atoms with E-state index in [4.69, 9.17) is 5.73 Å². The molecule has 2 aromatic heterocycles. The number of halogens is 1. The van der Waals surface area contributed by atoms with E-state index in [2.05, 4.69) is 24.3 Å². The molecule has 0 radical (unpaired) electrons. The Morgan fingerprint density at radius 3 is 2.82 bits per heavy atom. The summed E-state index contributed by atoms with van der Waals surface area (Å²) in [6.07, 6.45) is 3.32. The quantitative estimate of drug-likeness (QED) is 0.741. The second-order valence-corrected chi connectivity index (χ2v) is 8.51. The van der Waals surface area contributed by atoms with Crippen LogP contribution in [-0.4, -0.2) is 52.2 Å². The predicted octanol–water partition coefficient (Wildman–Crippen LogP) is 2.64. The molecule has 3 rings (SSSR count). The Labute approximate surface area is 176 Å². The van der Waals surface area contributed by atoms with Crippen LogP contribution in [0, 0.1) is 0 Å². The van der Waals surface area contributed by atoms with Gasteiger partial charge in [-0.3, -0.25) is 14.3 Å². The smallest absolute Gasteiger partial charge is 0.264 e. The summed E-state index contributed by atoms with van der Waals surface area (Å²) in [4.78, 5) is 28.7. The zero-order valence-electron chi connectivity index (χ0n) is 16.7. The van der Waals surface area contributed by atoms with Gasteiger partial charge in [0.15, 0.2) is 0 Å². The van der Waals surface area contributed by atoms with Crippen LogP contribution in [0.5, 0.6) is 0 Å². The molecule has 2 aromatic rings. The van der Waals surface area contributed by atoms with Gasteiger partial charge < -0.3 is 16.0 Å². The van der Waals surface area contributed by atoms with Crippen LogP contribution in [0.3, 0.4) is 0 Å². The molecule has 0 aromatic carbocycles. The van der Waals surface area contributed by atoms with Crippen LogP contribution in [0.1, 0.15) is 60.8 Å². The molecule has 156 valence electrons. The van der Waals surface area contributed by atoms with E-state index in [1.165, 1.54) is 11.3 Å². The summed E-state index contributed by atoms with van der Waals surface area (Å²) < 4.78 is 1.87. The van der Waals surface area contributed by atoms with E-state index in [9.17, 15) is 9.59 Å². The topological polar surface area (TPSA) is 93.2 Å². The van der Waals surface area contributed by atoms with Crippen molar-refractivity contribution in [2.75, 3.05) is 19.6 Å². The Bertz CT molecular complexity index is 832. The summed E-state index contributed by atoms with van der Waals surface area (Å²) in [6.45, 7) is 5.80. The van der Waals surface area contributed by atoms with Crippen molar-refractivity contribution < 1.29 is 9.59 Å². The maximum Gasteiger partial charge on any atom is 0.264 e. The van der Waals surface area contributed by atoms with Crippen molar-refractivity contribution in [1.29, 1.82) is 0 Å². The first-order valence-corrected chi connectivity index (χ1v) is 10.5. The summed E-state index contributed by atoms with van der Waals surface area (Å²) in [5.74, 6) is 0.320. The van der Waals surface area contributed by atoms with Crippen molar-refractivity contribution >= 4 is 45.8 Å². The number of aryl methyl sites for hydroxylation is 1. The molecule has 3 heterocycles. The van der Waals surface area contributed by atoms with E-state index in [-0.39, 0.29) is 30.3 Å². The lowest BCUT2D eigenvalue weighted by Crippen LogP contribution is -2.49. The molecular formula is C19H30ClN5O2S. The fourth-order valence-corrected chi connectivity index (χ4v) is 4.71. The SMILES string of the molecule is CC(C)c1nn(C)c2sc(C(=O)N3CCCCC3CNC(=O)CCN)cc12.Cl. The average Bonchev–Trinajstić information content (AvgIpc) is 3.20. The number of hydrogen-bond acceptors (Lipinski definition) is 5. The van der Waals surface area contributed by atoms with E-state index in [1.807, 2.05) is 22.7 Å². The van der Waals surface area contributed by atoms with Crippen LogP contribution >= 0.6 is 23.7 Å². The second kappa shape index (κ2) is 9.71. The maximum absolute atomic E-state index is 13.2. The lowest BCUT2D eigenvalue weighted by Gasteiger charge is -2.35. The lowest BCUT2D eigenvalue weighted by molar-refractivity contribution is -0.121. The first-order chi connectivity index (χ1) is 12.9. The number of nitrogens with zero attached hydrogens (tertiary/aromatic N) is 3. The number of hydrogen-bond donors (Lipinski definition) is 2. The van der Waals surface area contributed by atoms with Gasteiger partial charge >= 0.3 is 0 Å². The van der Waals surface area contributed by atoms with Gasteiger partial charge in [0, 0.05) is 44.5 Å². The number of fused-ring (bicyclic) bond motifs is 1. The molecule has 0 spiro atoms. The van der Waals surface area contributed by atoms with Crippen molar-refractivity contribution in [1.82, 2.24) is 20.0 Å². The molecule has 28 heavy (non-hydrogen) atoms. The average molecular weight is 428 g/mol. The van der Waals surface area contributed by atoms with Gasteiger partial charge in [0.05, 0.1) is 10.6 Å². The summed E-state index contributed by atoms with van der Waals surface area (Å²) in [6, 6.07) is 2.03. The zero-order chi connectivity index (χ0) is 19.6. The van der Waals surface area contributed by atoms with E-state index >= 15 is 0 Å². The number of carbonyl (C=O) groups is 2. The maximum atomic E-state index is 13.2. The molecule has 7 nitrogen and oxygen atoms in total. The molecule has 0 bridgehead atoms. The number of nitrogens with two attached hydrogens (primary N) is 1. The molecule has 0 saturated carbocycles. The summed E-state index contributed by atoms with van der Waals surface area (Å²) in [7, 11) is 1.93. The third-order valence-corrected chi connectivity index (χ3v) is 6.28. The minimum Gasteiger partial charge on any atom is -0.354 e. The molecule has 1 aliphatic heterocycles. The van der Waals surface area contributed by atoms with Crippen LogP contribution in [-0.2, 0) is 11.8 Å². The Kier molecular flexibility index (Phi) is 7.86. The highest BCUT2D eigenvalue weighted by atomic mass is 35.5. The van der Waals surface area contributed by atoms with Gasteiger partial charge in [-0.25, -0.2) is 0 Å². The van der Waals surface area contributed by atoms with Crippen molar-refractivity contribution in [3.63, 3.8) is 0 Å². The fourth-order valence-electron chi connectivity index (χ4n) is 3.67. The number of amides is 2. The third kappa shape index (κ3) is 4.67. The third-order valence-electron chi connectivity index (χ3n) is 5.09. The number of carbonyl (C=O) groups excluding carboxylic acids is 2. The van der Waals surface area contributed by atoms with Gasteiger partial charge in [-0.05, 0) is 31.2 Å². The number of nitrogens with one attached hydrogen (secondary N) is 1. The molecule has 1 atom stereocenters. The summed E-state index contributed by atoms with van der Waals surface area (Å²) in [5.41, 5.74) is 6.47. The fraction of sp³-hybridized carbons (Fsp3) is 0.632. The highest BCUT2D eigenvalue weighted by Gasteiger charge is 2.29. The number of rotatable bonds is 6. The van der Waals surface area contributed by atoms with E-state index < -0.39 is 0 Å². The largest absolute Gasteiger partial charge is 0.354 e. The van der Waals surface area contributed by atoms with Crippen molar-refractivity contribution in [3.05, 3.63) is 16.6 Å². The zero-order valence-corrected chi connectivity index (χ0v) is 18.4. The van der Waals surface area contributed by atoms with E-state index in [1.54, 1.807) is 0 Å². The molecule has 9 heteroatoms. The summed E-state index contributed by atoms with van der Waals surface area (Å²) in [5, 5.41) is 8.58. The van der Waals surface area contributed by atoms with Gasteiger partial charge in [-0.15, -0.1) is 23.7 Å². The van der Waals surface area contributed by atoms with Crippen molar-refractivity contribution in [3.8, 4) is 0 Å². The standard InChI is InChI=1S/C19H29N5O2S.ClH/c1-12(2)17-14-10-15(27-19(14)23(3)22-17)18(26)24-9-5-4-6-13(24)11-21-16(25)7-8-20;/h10,12-13H,4-9,11,20H2,1-3H3,(H,21,25);1H. The van der Waals surface area contributed by atoms with Gasteiger partial charge in [-0.1, -0.05) is 13.8 Å². The molecule has 1 unspecified atom stereocenters. The minimum atomic E-state index is -0.0509. The molecule has 1 aliphatic rings. The van der Waals surface area contributed by atoms with Gasteiger partial charge in [-0.2, -0.15) is 5.10 Å². The van der Waals surface area contributed by atoms with Crippen molar-refractivity contribution in [2.45, 2.75) is 51.5 Å². The van der Waals surface area contributed by atoms with Gasteiger partial charge in [0.1, 0.15) is 4.83 Å². The Hall–Kier alpha value is -1.64. The minimum absolute atomic E-state index is 0. The van der Waals surface area contributed by atoms with Crippen LogP contribution in [0.2, 0.25) is 0 Å². The van der Waals surface area contributed by atoms with Crippen LogP contribution in [0.25, 0.3) is 10.2 Å². The Morgan fingerprint density at radius 1 is 1.39 bits per heavy atom. The molecular weight excluding hydrogens is 398 g/mol. The van der Waals surface area contributed by atoms with Gasteiger partial charge in [0.2, 0.25) is 5.91 Å². The number of aromatic nitrogens is 2. The summed E-state index contributed by atoms with van der Waals surface area (Å²) >= 11 is 1.50. The van der Waals surface area contributed by atoms with E-state index in [0.29, 0.717) is 25.4 Å². The van der Waals surface area contributed by atoms with Crippen LogP contribution < -0.4 is 11.1 Å². The normalized spacial score (nSPS) is 17.0.